The highest BCUT2D eigenvalue weighted by molar-refractivity contribution is 5.81. The molecule has 6 aromatic heterocycles. The van der Waals surface area contributed by atoms with E-state index in [-0.39, 0.29) is 41.7 Å². The number of imidazole rings is 2. The van der Waals surface area contributed by atoms with E-state index in [4.69, 9.17) is 29.6 Å². The number of hydrogen-bond donors (Lipinski definition) is 1. The van der Waals surface area contributed by atoms with Crippen molar-refractivity contribution in [3.05, 3.63) is 144 Å². The van der Waals surface area contributed by atoms with Crippen molar-refractivity contribution >= 4 is 52.5 Å². The van der Waals surface area contributed by atoms with Gasteiger partial charge in [0, 0.05) is 111 Å². The Labute approximate surface area is 542 Å². The highest BCUT2D eigenvalue weighted by atomic mass is 19.1. The Morgan fingerprint density at radius 1 is 0.505 bits per heavy atom. The Bertz CT molecular complexity index is 3890. The van der Waals surface area contributed by atoms with Crippen LogP contribution < -0.4 is 24.9 Å². The van der Waals surface area contributed by atoms with E-state index in [9.17, 15) is 23.2 Å². The Balaban J connectivity index is 0.000000153. The van der Waals surface area contributed by atoms with Crippen molar-refractivity contribution in [1.82, 2.24) is 59.2 Å². The summed E-state index contributed by atoms with van der Waals surface area (Å²) in [6.07, 6.45) is 10.0. The van der Waals surface area contributed by atoms with Gasteiger partial charge in [-0.3, -0.25) is 9.69 Å². The van der Waals surface area contributed by atoms with Crippen LogP contribution in [0.15, 0.2) is 122 Å². The molecule has 93 heavy (non-hydrogen) atoms. The van der Waals surface area contributed by atoms with Crippen molar-refractivity contribution in [2.45, 2.75) is 122 Å². The molecule has 6 aliphatic heterocycles. The van der Waals surface area contributed by atoms with Crippen LogP contribution in [0.4, 0.5) is 41.6 Å². The molecule has 0 spiro atoms. The number of rotatable bonds is 9. The van der Waals surface area contributed by atoms with E-state index in [1.54, 1.807) is 29.2 Å². The van der Waals surface area contributed by atoms with Crippen molar-refractivity contribution < 1.29 is 32.6 Å². The number of halogens is 2. The Hall–Kier alpha value is -8.83. The van der Waals surface area contributed by atoms with Gasteiger partial charge < -0.3 is 44.2 Å². The minimum Gasteiger partial charge on any atom is -0.444 e. The van der Waals surface area contributed by atoms with Crippen molar-refractivity contribution in [1.29, 1.82) is 0 Å². The van der Waals surface area contributed by atoms with Crippen molar-refractivity contribution in [3.8, 4) is 22.8 Å². The minimum atomic E-state index is -0.469. The van der Waals surface area contributed by atoms with Crippen LogP contribution in [-0.4, -0.2) is 181 Å². The second-order valence-corrected chi connectivity index (χ2v) is 26.7. The van der Waals surface area contributed by atoms with Gasteiger partial charge in [-0.25, -0.2) is 47.3 Å². The van der Waals surface area contributed by atoms with Crippen LogP contribution in [0.3, 0.4) is 0 Å². The number of carbonyl (C=O) groups is 3. The number of piperidine rings is 2. The van der Waals surface area contributed by atoms with Crippen molar-refractivity contribution in [2.75, 3.05) is 111 Å². The number of likely N-dealkylation sites (tertiary alicyclic amines) is 2. The number of aromatic nitrogens is 8. The lowest BCUT2D eigenvalue weighted by atomic mass is 10.0. The lowest BCUT2D eigenvalue weighted by Gasteiger charge is -2.43. The fourth-order valence-corrected chi connectivity index (χ4v) is 13.3. The first kappa shape index (κ1) is 64.3. The normalized spacial score (nSPS) is 19.4. The Kier molecular flexibility index (Phi) is 19.5. The summed E-state index contributed by atoms with van der Waals surface area (Å²) >= 11 is 0. The van der Waals surface area contributed by atoms with Crippen LogP contribution in [-0.2, 0) is 14.3 Å². The maximum Gasteiger partial charge on any atom is 0.410 e. The lowest BCUT2D eigenvalue weighted by Crippen LogP contribution is -2.54. The van der Waals surface area contributed by atoms with Crippen LogP contribution in [0.5, 0.6) is 0 Å². The summed E-state index contributed by atoms with van der Waals surface area (Å²) in [5.74, 6) is 3.46. The predicted molar refractivity (Wildman–Crippen MR) is 356 cm³/mol. The number of pyridine rings is 2. The van der Waals surface area contributed by atoms with Gasteiger partial charge >= 0.3 is 12.2 Å². The van der Waals surface area contributed by atoms with Gasteiger partial charge in [0.1, 0.15) is 63.3 Å². The number of ether oxygens (including phenoxy) is 2. The van der Waals surface area contributed by atoms with E-state index in [2.05, 4.69) is 58.0 Å². The molecular formula is C70H86F2N16O5. The first-order valence-electron chi connectivity index (χ1n) is 33.0. The summed E-state index contributed by atoms with van der Waals surface area (Å²) in [5, 5.41) is 13.4. The monoisotopic (exact) mass is 1270 g/mol. The summed E-state index contributed by atoms with van der Waals surface area (Å²) in [5.41, 5.74) is 5.98. The molecule has 0 radical (unpaired) electrons. The molecule has 1 N–H and O–H groups in total. The van der Waals surface area contributed by atoms with Crippen LogP contribution in [0.25, 0.3) is 34.1 Å². The average Bonchev–Trinajstić information content (AvgIpc) is 1.70. The number of carbonyl (C=O) groups excluding carboxylic acids is 3. The Morgan fingerprint density at radius 2 is 0.957 bits per heavy atom. The second kappa shape index (κ2) is 28.2. The number of piperazine rings is 2. The van der Waals surface area contributed by atoms with Crippen LogP contribution in [0, 0.1) is 11.6 Å². The minimum absolute atomic E-state index is 0.0882. The number of hydrogen-bond acceptors (Lipinski definition) is 17. The number of nitrogens with zero attached hydrogens (tertiary/aromatic N) is 15. The van der Waals surface area contributed by atoms with Crippen molar-refractivity contribution in [2.24, 2.45) is 0 Å². The van der Waals surface area contributed by atoms with E-state index >= 15 is 0 Å². The topological polar surface area (TPSA) is 191 Å². The zero-order valence-electron chi connectivity index (χ0n) is 54.3. The first-order valence-corrected chi connectivity index (χ1v) is 33.0. The van der Waals surface area contributed by atoms with Crippen LogP contribution >= 0.6 is 0 Å². The highest BCUT2D eigenvalue weighted by Gasteiger charge is 2.34. The SMILES string of the molecule is CC(C)(C)OC(=O)N1CCC(=O)CC1.CC(C)(C)OC(=O)N1CCC(N2CCN(c3cccc(-c4cnc5ccc(N6CCC[C@@H]6c6cccc(F)c6)nn45)n3)CC2)CC1.Fc1cccc([C@H]2CCCN2c2ccc3ncc(-c4cccc(N5CCNCC5)n4)n3n2)c1. The third-order valence-electron chi connectivity index (χ3n) is 17.9. The van der Waals surface area contributed by atoms with Gasteiger partial charge in [0.2, 0.25) is 0 Å². The number of benzene rings is 2. The van der Waals surface area contributed by atoms with E-state index in [1.165, 1.54) is 12.1 Å². The van der Waals surface area contributed by atoms with Crippen LogP contribution in [0.1, 0.15) is 116 Å². The molecule has 490 valence electrons. The third kappa shape index (κ3) is 15.6. The summed E-state index contributed by atoms with van der Waals surface area (Å²) in [7, 11) is 0. The molecule has 2 atom stereocenters. The molecule has 0 bridgehead atoms. The average molecular weight is 1270 g/mol. The maximum absolute atomic E-state index is 14.0. The summed E-state index contributed by atoms with van der Waals surface area (Å²) in [4.78, 5) is 69.3. The zero-order valence-corrected chi connectivity index (χ0v) is 54.3. The quantitative estimate of drug-likeness (QED) is 0.143. The van der Waals surface area contributed by atoms with Crippen LogP contribution in [0.2, 0.25) is 0 Å². The molecule has 2 aromatic carbocycles. The molecule has 12 heterocycles. The number of Topliss-reactive ketones (excluding diaryl/α,β-unsaturated/α-hetero) is 1. The molecule has 6 aliphatic rings. The van der Waals surface area contributed by atoms with Gasteiger partial charge in [-0.05, 0) is 164 Å². The molecule has 0 unspecified atom stereocenters. The predicted octanol–water partition coefficient (Wildman–Crippen LogP) is 11.1. The number of ketones is 1. The summed E-state index contributed by atoms with van der Waals surface area (Å²) in [6.45, 7) is 23.0. The molecule has 8 aromatic rings. The number of anilines is 4. The van der Waals surface area contributed by atoms with Gasteiger partial charge in [-0.2, -0.15) is 0 Å². The smallest absolute Gasteiger partial charge is 0.410 e. The van der Waals surface area contributed by atoms with E-state index in [0.717, 1.165) is 186 Å². The molecule has 2 amide bonds. The molecule has 6 saturated heterocycles. The van der Waals surface area contributed by atoms with E-state index in [0.29, 0.717) is 32.0 Å². The fourth-order valence-electron chi connectivity index (χ4n) is 13.3. The second-order valence-electron chi connectivity index (χ2n) is 26.7. The summed E-state index contributed by atoms with van der Waals surface area (Å²) in [6, 6.07) is 34.8. The molecular weight excluding hydrogens is 1180 g/mol. The van der Waals surface area contributed by atoms with Crippen molar-refractivity contribution in [3.63, 3.8) is 0 Å². The fraction of sp³-hybridized carbons (Fsp3) is 0.471. The maximum atomic E-state index is 14.0. The number of nitrogens with one attached hydrogen (secondary N) is 1. The molecule has 23 heteroatoms. The lowest BCUT2D eigenvalue weighted by molar-refractivity contribution is -0.121. The molecule has 14 rings (SSSR count). The van der Waals surface area contributed by atoms with Gasteiger partial charge in [-0.15, -0.1) is 10.2 Å². The largest absolute Gasteiger partial charge is 0.444 e. The summed E-state index contributed by atoms with van der Waals surface area (Å²) < 4.78 is 42.4. The zero-order chi connectivity index (χ0) is 64.8. The number of fused-ring (bicyclic) bond motifs is 2. The molecule has 0 saturated carbocycles. The Morgan fingerprint density at radius 3 is 1.42 bits per heavy atom. The molecule has 6 fully saturated rings. The first-order chi connectivity index (χ1) is 44.9. The van der Waals surface area contributed by atoms with Gasteiger partial charge in [0.15, 0.2) is 11.3 Å². The van der Waals surface area contributed by atoms with Gasteiger partial charge in [0.25, 0.3) is 0 Å². The van der Waals surface area contributed by atoms with Gasteiger partial charge in [0.05, 0.1) is 35.9 Å². The van der Waals surface area contributed by atoms with E-state index in [1.807, 2.05) is 122 Å². The molecule has 21 nitrogen and oxygen atoms in total. The molecule has 0 aliphatic carbocycles. The van der Waals surface area contributed by atoms with Gasteiger partial charge in [-0.1, -0.05) is 36.4 Å². The number of amides is 2. The third-order valence-corrected chi connectivity index (χ3v) is 17.9. The standard InChI is InChI=1S/C35H43FN8O2.C25H26FN7.C10H17NO3/c1-35(2,3)46-34(45)42-17-14-27(15-18-42)40-19-21-41(22-20-40)32-11-5-9-28(38-32)30-24-37-31-12-13-33(39-44(30)31)43-16-6-10-29(43)25-7-4-8-26(36)23-25;26-19-5-1-4-18(16-19)21-7-3-13-32(21)25-10-9-23-28-17-22(33(23)30-25)20-6-2-8-24(29-20)31-14-11-27-12-15-31;1-10(2,3)14-9(13)11-6-4-8(12)5-7-11/h4-5,7-9,11-13,23-24,27,29H,6,10,14-22H2,1-3H3;1-2,4-6,8-10,16-17,21,27H,3,7,11-15H2;4-7H2,1-3H3/t29-;21-;/m11./s1. The van der Waals surface area contributed by atoms with E-state index < -0.39 is 11.2 Å². The highest BCUT2D eigenvalue weighted by Crippen LogP contribution is 2.38.